The minimum Gasteiger partial charge on any atom is -0.378 e. The number of nitrogens with zero attached hydrogens (tertiary/aromatic N) is 6. The second kappa shape index (κ2) is 10.8. The van der Waals surface area contributed by atoms with E-state index in [1.807, 2.05) is 30.0 Å². The summed E-state index contributed by atoms with van der Waals surface area (Å²) >= 11 is 6.73. The summed E-state index contributed by atoms with van der Waals surface area (Å²) in [5.41, 5.74) is 5.23. The van der Waals surface area contributed by atoms with Crippen LogP contribution in [0.3, 0.4) is 0 Å². The van der Waals surface area contributed by atoms with Gasteiger partial charge in [-0.15, -0.1) is 0 Å². The van der Waals surface area contributed by atoms with Crippen molar-refractivity contribution in [3.63, 3.8) is 0 Å². The quantitative estimate of drug-likeness (QED) is 0.229. The largest absolute Gasteiger partial charge is 0.378 e. The SMILES string of the molecule is Cc1ccc(Nc2nc(NN=Cc3ccc(Br)c([N+](=O)[O-])c3)nc(N3CCOCC3)n2)c(Br)c1. The lowest BCUT2D eigenvalue weighted by Crippen LogP contribution is -2.37. The highest BCUT2D eigenvalue weighted by Gasteiger charge is 2.17. The standard InChI is InChI=1S/C21H20Br2N8O3/c1-13-2-5-17(16(23)10-13)25-19-26-20(28-21(27-19)30-6-8-34-9-7-30)29-24-12-14-3-4-15(22)18(11-14)31(32)33/h2-5,10-12H,6-9H2,1H3,(H2,25,26,27,28,29). The molecule has 176 valence electrons. The Bertz CT molecular complexity index is 1230. The zero-order valence-corrected chi connectivity index (χ0v) is 21.2. The van der Waals surface area contributed by atoms with Gasteiger partial charge in [-0.25, -0.2) is 5.43 Å². The van der Waals surface area contributed by atoms with Gasteiger partial charge in [0.2, 0.25) is 17.8 Å². The molecule has 34 heavy (non-hydrogen) atoms. The van der Waals surface area contributed by atoms with Crippen LogP contribution in [0.4, 0.5) is 29.2 Å². The van der Waals surface area contributed by atoms with Crippen LogP contribution in [0.2, 0.25) is 0 Å². The molecule has 0 bridgehead atoms. The van der Waals surface area contributed by atoms with Crippen LogP contribution in [-0.4, -0.2) is 52.4 Å². The molecule has 0 atom stereocenters. The zero-order valence-electron chi connectivity index (χ0n) is 18.0. The van der Waals surface area contributed by atoms with Crippen molar-refractivity contribution in [2.75, 3.05) is 41.9 Å². The van der Waals surface area contributed by atoms with Crippen LogP contribution in [-0.2, 0) is 4.74 Å². The summed E-state index contributed by atoms with van der Waals surface area (Å²) in [5, 5.41) is 18.5. The molecule has 1 aromatic heterocycles. The Balaban J connectivity index is 1.59. The van der Waals surface area contributed by atoms with Crippen molar-refractivity contribution >= 4 is 67.3 Å². The summed E-state index contributed by atoms with van der Waals surface area (Å²) in [6, 6.07) is 10.6. The van der Waals surface area contributed by atoms with E-state index in [4.69, 9.17) is 4.74 Å². The molecular weight excluding hydrogens is 572 g/mol. The third-order valence-corrected chi connectivity index (χ3v) is 6.16. The van der Waals surface area contributed by atoms with E-state index in [9.17, 15) is 10.1 Å². The van der Waals surface area contributed by atoms with Gasteiger partial charge in [-0.05, 0) is 62.5 Å². The molecule has 1 saturated heterocycles. The Hall–Kier alpha value is -3.16. The molecule has 3 aromatic rings. The van der Waals surface area contributed by atoms with Crippen molar-refractivity contribution in [3.05, 3.63) is 66.6 Å². The van der Waals surface area contributed by atoms with Crippen LogP contribution < -0.4 is 15.6 Å². The molecule has 1 aliphatic rings. The lowest BCUT2D eigenvalue weighted by atomic mass is 10.2. The van der Waals surface area contributed by atoms with Crippen molar-refractivity contribution in [3.8, 4) is 0 Å². The first-order chi connectivity index (χ1) is 16.4. The number of morpholine rings is 1. The molecule has 4 rings (SSSR count). The van der Waals surface area contributed by atoms with Gasteiger partial charge in [-0.1, -0.05) is 12.1 Å². The Kier molecular flexibility index (Phi) is 7.65. The van der Waals surface area contributed by atoms with Crippen LogP contribution in [0.25, 0.3) is 0 Å². The maximum Gasteiger partial charge on any atom is 0.284 e. The first kappa shape index (κ1) is 24.0. The fourth-order valence-corrected chi connectivity index (χ4v) is 4.12. The number of anilines is 4. The number of halogens is 2. The number of rotatable bonds is 7. The lowest BCUT2D eigenvalue weighted by molar-refractivity contribution is -0.385. The average Bonchev–Trinajstić information content (AvgIpc) is 2.82. The fraction of sp³-hybridized carbons (Fsp3) is 0.238. The Morgan fingerprint density at radius 3 is 2.59 bits per heavy atom. The highest BCUT2D eigenvalue weighted by molar-refractivity contribution is 9.11. The predicted octanol–water partition coefficient (Wildman–Crippen LogP) is 4.64. The van der Waals surface area contributed by atoms with Crippen LogP contribution in [0.15, 0.2) is 50.4 Å². The molecular formula is C21H20Br2N8O3. The first-order valence-electron chi connectivity index (χ1n) is 10.2. The van der Waals surface area contributed by atoms with Gasteiger partial charge >= 0.3 is 0 Å². The topological polar surface area (TPSA) is 131 Å². The van der Waals surface area contributed by atoms with E-state index in [0.717, 1.165) is 15.7 Å². The summed E-state index contributed by atoms with van der Waals surface area (Å²) in [5.74, 6) is 1.06. The summed E-state index contributed by atoms with van der Waals surface area (Å²) in [7, 11) is 0. The van der Waals surface area contributed by atoms with E-state index in [0.29, 0.717) is 48.2 Å². The first-order valence-corrected chi connectivity index (χ1v) is 11.8. The van der Waals surface area contributed by atoms with Gasteiger partial charge < -0.3 is 15.0 Å². The molecule has 0 aliphatic carbocycles. The second-order valence-electron chi connectivity index (χ2n) is 7.33. The van der Waals surface area contributed by atoms with Gasteiger partial charge in [0, 0.05) is 29.2 Å². The van der Waals surface area contributed by atoms with Gasteiger partial charge in [0.25, 0.3) is 5.69 Å². The van der Waals surface area contributed by atoms with Gasteiger partial charge in [0.05, 0.1) is 34.5 Å². The highest BCUT2D eigenvalue weighted by atomic mass is 79.9. The van der Waals surface area contributed by atoms with E-state index in [1.54, 1.807) is 12.1 Å². The van der Waals surface area contributed by atoms with E-state index in [2.05, 4.69) is 62.7 Å². The normalized spacial score (nSPS) is 13.8. The molecule has 11 nitrogen and oxygen atoms in total. The monoisotopic (exact) mass is 590 g/mol. The number of hydrogen-bond acceptors (Lipinski definition) is 10. The molecule has 1 fully saturated rings. The van der Waals surface area contributed by atoms with E-state index < -0.39 is 4.92 Å². The molecule has 0 unspecified atom stereocenters. The van der Waals surface area contributed by atoms with Crippen LogP contribution in [0, 0.1) is 17.0 Å². The number of hydrazone groups is 1. The number of aryl methyl sites for hydroxylation is 1. The maximum atomic E-state index is 11.2. The molecule has 0 radical (unpaired) electrons. The maximum absolute atomic E-state index is 11.2. The molecule has 1 aliphatic heterocycles. The highest BCUT2D eigenvalue weighted by Crippen LogP contribution is 2.27. The number of benzene rings is 2. The summed E-state index contributed by atoms with van der Waals surface area (Å²) < 4.78 is 6.70. The molecule has 0 amide bonds. The minimum absolute atomic E-state index is 0.0473. The molecule has 13 heteroatoms. The lowest BCUT2D eigenvalue weighted by Gasteiger charge is -2.27. The van der Waals surface area contributed by atoms with Gasteiger partial charge in [-0.2, -0.15) is 20.1 Å². The number of nitro benzene ring substituents is 1. The summed E-state index contributed by atoms with van der Waals surface area (Å²) in [6.45, 7) is 4.49. The Morgan fingerprint density at radius 1 is 1.09 bits per heavy atom. The Labute approximate surface area is 212 Å². The van der Waals surface area contributed by atoms with Crippen LogP contribution in [0.1, 0.15) is 11.1 Å². The van der Waals surface area contributed by atoms with E-state index >= 15 is 0 Å². The van der Waals surface area contributed by atoms with Gasteiger partial charge in [0.15, 0.2) is 0 Å². The average molecular weight is 592 g/mol. The van der Waals surface area contributed by atoms with E-state index in [1.165, 1.54) is 12.3 Å². The van der Waals surface area contributed by atoms with Crippen molar-refractivity contribution in [1.82, 2.24) is 15.0 Å². The number of nitrogens with one attached hydrogen (secondary N) is 2. The third-order valence-electron chi connectivity index (χ3n) is 4.83. The van der Waals surface area contributed by atoms with Crippen LogP contribution in [0.5, 0.6) is 0 Å². The van der Waals surface area contributed by atoms with E-state index in [-0.39, 0.29) is 11.6 Å². The smallest absolute Gasteiger partial charge is 0.284 e. The van der Waals surface area contributed by atoms with Crippen molar-refractivity contribution in [2.24, 2.45) is 5.10 Å². The van der Waals surface area contributed by atoms with Crippen LogP contribution >= 0.6 is 31.9 Å². The van der Waals surface area contributed by atoms with Crippen molar-refractivity contribution < 1.29 is 9.66 Å². The summed E-state index contributed by atoms with van der Waals surface area (Å²) in [4.78, 5) is 26.2. The molecule has 2 heterocycles. The van der Waals surface area contributed by atoms with Gasteiger partial charge in [0.1, 0.15) is 0 Å². The third kappa shape index (κ3) is 6.04. The Morgan fingerprint density at radius 2 is 1.85 bits per heavy atom. The number of ether oxygens (including phenoxy) is 1. The van der Waals surface area contributed by atoms with Crippen molar-refractivity contribution in [2.45, 2.75) is 6.92 Å². The molecule has 0 saturated carbocycles. The zero-order chi connectivity index (χ0) is 24.1. The minimum atomic E-state index is -0.462. The van der Waals surface area contributed by atoms with Gasteiger partial charge in [-0.3, -0.25) is 10.1 Å². The number of aromatic nitrogens is 3. The second-order valence-corrected chi connectivity index (χ2v) is 9.04. The fourth-order valence-electron chi connectivity index (χ4n) is 3.13. The predicted molar refractivity (Wildman–Crippen MR) is 137 cm³/mol. The molecule has 2 N–H and O–H groups in total. The molecule has 0 spiro atoms. The summed E-state index contributed by atoms with van der Waals surface area (Å²) in [6.07, 6.45) is 1.46. The number of hydrogen-bond donors (Lipinski definition) is 2. The van der Waals surface area contributed by atoms with Crippen molar-refractivity contribution in [1.29, 1.82) is 0 Å². The number of nitro groups is 1. The molecule has 2 aromatic carbocycles.